The molecule has 0 amide bonds. The highest BCUT2D eigenvalue weighted by molar-refractivity contribution is 7.89. The minimum absolute atomic E-state index is 0.00517. The van der Waals surface area contributed by atoms with Crippen molar-refractivity contribution in [2.45, 2.75) is 74.9 Å². The summed E-state index contributed by atoms with van der Waals surface area (Å²) in [5.41, 5.74) is 1.42. The van der Waals surface area contributed by atoms with Crippen molar-refractivity contribution in [2.75, 3.05) is 40.0 Å². The van der Waals surface area contributed by atoms with E-state index in [0.29, 0.717) is 37.4 Å². The lowest BCUT2D eigenvalue weighted by Gasteiger charge is -2.30. The Balaban J connectivity index is 1.37. The third-order valence-corrected chi connectivity index (χ3v) is 10.7. The summed E-state index contributed by atoms with van der Waals surface area (Å²) in [5.74, 6) is -0.487. The minimum atomic E-state index is -4.04. The van der Waals surface area contributed by atoms with Gasteiger partial charge in [0.2, 0.25) is 10.0 Å². The molecule has 1 N–H and O–H groups in total. The normalized spacial score (nSPS) is 26.1. The van der Waals surface area contributed by atoms with Crippen LogP contribution in [0, 0.1) is 11.8 Å². The van der Waals surface area contributed by atoms with Gasteiger partial charge in [-0.2, -0.15) is 4.31 Å². The van der Waals surface area contributed by atoms with Gasteiger partial charge in [0, 0.05) is 24.6 Å². The quantitative estimate of drug-likeness (QED) is 0.316. The number of sulfonamides is 1. The number of allylic oxidation sites excluding steroid dienone is 1. The van der Waals surface area contributed by atoms with E-state index in [4.69, 9.17) is 23.7 Å². The fraction of sp³-hybridized carbons (Fsp3) is 0.559. The molecular weight excluding hydrogens is 598 g/mol. The first-order valence-corrected chi connectivity index (χ1v) is 17.3. The van der Waals surface area contributed by atoms with E-state index in [1.54, 1.807) is 12.1 Å². The number of β-amino-alcohol motifs (C(OH)–C–C–N with tert-alkyl or cyclic N) is 1. The summed E-state index contributed by atoms with van der Waals surface area (Å²) in [7, 11) is -2.51. The minimum Gasteiger partial charge on any atom is -0.497 e. The molecular formula is C34H45NO9S. The average Bonchev–Trinajstić information content (AvgIpc) is 3.66. The van der Waals surface area contributed by atoms with Crippen molar-refractivity contribution in [2.24, 2.45) is 11.8 Å². The third kappa shape index (κ3) is 8.93. The molecule has 0 bridgehead atoms. The molecule has 11 heteroatoms. The maximum absolute atomic E-state index is 14.3. The lowest BCUT2D eigenvalue weighted by atomic mass is 9.90. The predicted molar refractivity (Wildman–Crippen MR) is 167 cm³/mol. The Morgan fingerprint density at radius 3 is 2.76 bits per heavy atom. The molecule has 0 saturated carbocycles. The van der Waals surface area contributed by atoms with Crippen LogP contribution in [0.2, 0.25) is 0 Å². The third-order valence-electron chi connectivity index (χ3n) is 8.77. The Hall–Kier alpha value is -2.80. The molecule has 2 fully saturated rings. The molecule has 5 rings (SSSR count). The van der Waals surface area contributed by atoms with Crippen LogP contribution in [0.4, 0.5) is 0 Å². The van der Waals surface area contributed by atoms with Crippen LogP contribution >= 0.6 is 0 Å². The van der Waals surface area contributed by atoms with Gasteiger partial charge in [0.05, 0.1) is 56.9 Å². The second kappa shape index (κ2) is 16.2. The number of ether oxygens (including phenoxy) is 5. The van der Waals surface area contributed by atoms with Gasteiger partial charge >= 0.3 is 5.97 Å². The van der Waals surface area contributed by atoms with E-state index in [-0.39, 0.29) is 49.8 Å². The Labute approximate surface area is 266 Å². The van der Waals surface area contributed by atoms with Crippen molar-refractivity contribution in [3.63, 3.8) is 0 Å². The largest absolute Gasteiger partial charge is 0.497 e. The predicted octanol–water partition coefficient (Wildman–Crippen LogP) is 4.25. The van der Waals surface area contributed by atoms with Crippen molar-refractivity contribution in [1.29, 1.82) is 0 Å². The SMILES string of the molecule is COc1ccc2c(c1)COC/C=C/CCCCCN(C[C@@H](O)[C@@H](CC(=O)O[C@H]1CO[C@H]3OCC[C@H]31)Cc1ccccc1)S2(=O)=O. The molecule has 0 radical (unpaired) electrons. The second-order valence-electron chi connectivity index (χ2n) is 11.9. The summed E-state index contributed by atoms with van der Waals surface area (Å²) in [6, 6.07) is 14.4. The van der Waals surface area contributed by atoms with E-state index < -0.39 is 34.1 Å². The average molecular weight is 644 g/mol. The number of methoxy groups -OCH3 is 1. The summed E-state index contributed by atoms with van der Waals surface area (Å²) in [4.78, 5) is 13.4. The summed E-state index contributed by atoms with van der Waals surface area (Å²) in [6.07, 6.45) is 6.53. The molecule has 0 unspecified atom stereocenters. The molecule has 3 aliphatic rings. The Morgan fingerprint density at radius 2 is 1.93 bits per heavy atom. The summed E-state index contributed by atoms with van der Waals surface area (Å²) < 4.78 is 58.1. The van der Waals surface area contributed by atoms with Crippen LogP contribution in [-0.4, -0.2) is 82.3 Å². The Kier molecular flexibility index (Phi) is 12.0. The molecule has 5 atom stereocenters. The summed E-state index contributed by atoms with van der Waals surface area (Å²) in [6.45, 7) is 1.39. The lowest BCUT2D eigenvalue weighted by molar-refractivity contribution is -0.153. The van der Waals surface area contributed by atoms with Crippen LogP contribution in [0.25, 0.3) is 0 Å². The second-order valence-corrected chi connectivity index (χ2v) is 13.9. The van der Waals surface area contributed by atoms with E-state index in [9.17, 15) is 18.3 Å². The number of carbonyl (C=O) groups is 1. The van der Waals surface area contributed by atoms with Crippen LogP contribution in [-0.2, 0) is 46.8 Å². The number of fused-ring (bicyclic) bond motifs is 2. The number of benzene rings is 2. The van der Waals surface area contributed by atoms with E-state index in [1.807, 2.05) is 36.4 Å². The first kappa shape index (κ1) is 33.6. The van der Waals surface area contributed by atoms with Crippen LogP contribution in [0.3, 0.4) is 0 Å². The summed E-state index contributed by atoms with van der Waals surface area (Å²) in [5, 5.41) is 11.7. The number of aliphatic hydroxyl groups is 1. The number of aliphatic hydroxyl groups excluding tert-OH is 1. The number of rotatable bonds is 9. The van der Waals surface area contributed by atoms with Crippen molar-refractivity contribution in [1.82, 2.24) is 4.31 Å². The monoisotopic (exact) mass is 643 g/mol. The molecule has 2 saturated heterocycles. The van der Waals surface area contributed by atoms with E-state index >= 15 is 0 Å². The van der Waals surface area contributed by atoms with E-state index in [2.05, 4.69) is 6.08 Å². The zero-order chi connectivity index (χ0) is 31.6. The van der Waals surface area contributed by atoms with Gasteiger partial charge in [-0.1, -0.05) is 48.9 Å². The fourth-order valence-electron chi connectivity index (χ4n) is 6.24. The first-order chi connectivity index (χ1) is 21.8. The van der Waals surface area contributed by atoms with Gasteiger partial charge in [0.1, 0.15) is 11.9 Å². The van der Waals surface area contributed by atoms with Crippen molar-refractivity contribution in [3.8, 4) is 5.75 Å². The molecule has 45 heavy (non-hydrogen) atoms. The van der Waals surface area contributed by atoms with Gasteiger partial charge in [-0.15, -0.1) is 0 Å². The van der Waals surface area contributed by atoms with Gasteiger partial charge in [-0.05, 0) is 55.9 Å². The number of hydrogen-bond acceptors (Lipinski definition) is 9. The maximum atomic E-state index is 14.3. The molecule has 3 heterocycles. The molecule has 0 spiro atoms. The van der Waals surface area contributed by atoms with Gasteiger partial charge < -0.3 is 28.8 Å². The van der Waals surface area contributed by atoms with Crippen LogP contribution in [0.5, 0.6) is 5.75 Å². The molecule has 246 valence electrons. The van der Waals surface area contributed by atoms with Crippen molar-refractivity contribution >= 4 is 16.0 Å². The van der Waals surface area contributed by atoms with Crippen LogP contribution in [0.15, 0.2) is 65.6 Å². The smallest absolute Gasteiger partial charge is 0.306 e. The molecule has 2 aromatic rings. The molecule has 10 nitrogen and oxygen atoms in total. The fourth-order valence-corrected chi connectivity index (χ4v) is 7.93. The Morgan fingerprint density at radius 1 is 1.09 bits per heavy atom. The first-order valence-electron chi connectivity index (χ1n) is 15.9. The molecule has 0 aliphatic carbocycles. The van der Waals surface area contributed by atoms with E-state index in [0.717, 1.165) is 31.2 Å². The standard InChI is InChI=1S/C34H45NO9S/c1-40-28-13-14-32-27(20-28)23-41-17-10-5-3-2-4-9-16-35(45(32,38)39)22-30(36)26(19-25-11-7-6-8-12-25)21-33(37)44-31-24-43-34-29(31)15-18-42-34/h5-8,10-14,20,26,29-31,34,36H,2-4,9,15-19,21-24H2,1H3/b10-5+/t26-,29+,30-,31+,34-/m1/s1. The highest BCUT2D eigenvalue weighted by Crippen LogP contribution is 2.34. The van der Waals surface area contributed by atoms with Gasteiger partial charge in [-0.3, -0.25) is 4.79 Å². The van der Waals surface area contributed by atoms with Gasteiger partial charge in [-0.25, -0.2) is 8.42 Å². The molecule has 0 aromatic heterocycles. The van der Waals surface area contributed by atoms with Gasteiger partial charge in [0.25, 0.3) is 0 Å². The number of nitrogens with zero attached hydrogens (tertiary/aromatic N) is 1. The van der Waals surface area contributed by atoms with Gasteiger partial charge in [0.15, 0.2) is 6.29 Å². The molecule has 3 aliphatic heterocycles. The van der Waals surface area contributed by atoms with Crippen molar-refractivity contribution < 1.29 is 42.0 Å². The summed E-state index contributed by atoms with van der Waals surface area (Å²) >= 11 is 0. The van der Waals surface area contributed by atoms with Crippen LogP contribution in [0.1, 0.15) is 49.7 Å². The topological polar surface area (TPSA) is 121 Å². The molecule has 2 aromatic carbocycles. The lowest BCUT2D eigenvalue weighted by Crippen LogP contribution is -2.42. The number of esters is 1. The maximum Gasteiger partial charge on any atom is 0.306 e. The van der Waals surface area contributed by atoms with Crippen molar-refractivity contribution in [3.05, 3.63) is 71.8 Å². The highest BCUT2D eigenvalue weighted by atomic mass is 32.2. The highest BCUT2D eigenvalue weighted by Gasteiger charge is 2.44. The zero-order valence-electron chi connectivity index (χ0n) is 25.9. The Bertz CT molecular complexity index is 1380. The number of carbonyl (C=O) groups excluding carboxylic acids is 1. The van der Waals surface area contributed by atoms with E-state index in [1.165, 1.54) is 17.5 Å². The van der Waals surface area contributed by atoms with Crippen LogP contribution < -0.4 is 4.74 Å². The zero-order valence-corrected chi connectivity index (χ0v) is 26.7. The number of hydrogen-bond donors (Lipinski definition) is 1.